The van der Waals surface area contributed by atoms with Crippen molar-refractivity contribution in [1.82, 2.24) is 10.3 Å². The summed E-state index contributed by atoms with van der Waals surface area (Å²) < 4.78 is 32.2. The van der Waals surface area contributed by atoms with E-state index in [2.05, 4.69) is 15.6 Å². The van der Waals surface area contributed by atoms with Crippen LogP contribution in [-0.4, -0.2) is 23.8 Å². The highest BCUT2D eigenvalue weighted by Crippen LogP contribution is 2.38. The van der Waals surface area contributed by atoms with Gasteiger partial charge in [0, 0.05) is 29.8 Å². The van der Waals surface area contributed by atoms with Crippen molar-refractivity contribution in [3.63, 3.8) is 0 Å². The molecule has 0 atom stereocenters. The number of ether oxygens (including phenoxy) is 3. The lowest BCUT2D eigenvalue weighted by Gasteiger charge is -2.15. The molecule has 1 fully saturated rings. The Labute approximate surface area is 207 Å². The van der Waals surface area contributed by atoms with Gasteiger partial charge in [-0.05, 0) is 42.7 Å². The van der Waals surface area contributed by atoms with Gasteiger partial charge in [0.1, 0.15) is 30.7 Å². The van der Waals surface area contributed by atoms with E-state index in [-0.39, 0.29) is 24.2 Å². The van der Waals surface area contributed by atoms with Gasteiger partial charge in [-0.25, -0.2) is 9.18 Å². The van der Waals surface area contributed by atoms with E-state index in [1.165, 1.54) is 12.1 Å². The number of amides is 2. The van der Waals surface area contributed by atoms with Crippen molar-refractivity contribution in [3.05, 3.63) is 84.3 Å². The first-order valence-corrected chi connectivity index (χ1v) is 11.6. The molecule has 4 N–H and O–H groups in total. The number of pyridine rings is 1. The lowest BCUT2D eigenvalue weighted by molar-refractivity contribution is 0.251. The fourth-order valence-electron chi connectivity index (χ4n) is 3.63. The molecule has 4 aromatic rings. The number of aromatic nitrogens is 1. The van der Waals surface area contributed by atoms with Crippen molar-refractivity contribution >= 4 is 22.6 Å². The highest BCUT2D eigenvalue weighted by atomic mass is 19.1. The molecule has 1 aromatic heterocycles. The van der Waals surface area contributed by atoms with Crippen molar-refractivity contribution < 1.29 is 23.4 Å². The molecule has 0 unspecified atom stereocenters. The van der Waals surface area contributed by atoms with Crippen molar-refractivity contribution in [2.24, 2.45) is 5.73 Å². The number of carbonyl (C=O) groups is 1. The van der Waals surface area contributed by atoms with Crippen molar-refractivity contribution in [1.29, 1.82) is 0 Å². The van der Waals surface area contributed by atoms with E-state index >= 15 is 0 Å². The molecule has 1 saturated carbocycles. The number of nitrogens with one attached hydrogen (secondary N) is 2. The lowest BCUT2D eigenvalue weighted by atomic mass is 10.1. The summed E-state index contributed by atoms with van der Waals surface area (Å²) in [5.74, 6) is 1.03. The van der Waals surface area contributed by atoms with E-state index in [1.54, 1.807) is 30.5 Å². The maximum atomic E-state index is 14.6. The largest absolute Gasteiger partial charge is 0.485 e. The highest BCUT2D eigenvalue weighted by molar-refractivity contribution is 5.90. The Morgan fingerprint density at radius 1 is 1.00 bits per heavy atom. The van der Waals surface area contributed by atoms with Gasteiger partial charge in [-0.3, -0.25) is 10.7 Å². The molecule has 8 nitrogen and oxygen atoms in total. The first-order valence-electron chi connectivity index (χ1n) is 11.6. The Hall–Kier alpha value is -4.37. The van der Waals surface area contributed by atoms with Crippen LogP contribution in [0.5, 0.6) is 23.0 Å². The van der Waals surface area contributed by atoms with Gasteiger partial charge in [-0.2, -0.15) is 0 Å². The summed E-state index contributed by atoms with van der Waals surface area (Å²) in [5, 5.41) is 5.92. The van der Waals surface area contributed by atoms with E-state index in [1.807, 2.05) is 30.3 Å². The van der Waals surface area contributed by atoms with Gasteiger partial charge in [0.05, 0.1) is 11.2 Å². The van der Waals surface area contributed by atoms with Gasteiger partial charge >= 0.3 is 6.03 Å². The third-order valence-electron chi connectivity index (χ3n) is 5.57. The molecule has 1 heterocycles. The molecule has 0 spiro atoms. The second kappa shape index (κ2) is 10.5. The molecule has 0 saturated heterocycles. The van der Waals surface area contributed by atoms with Crippen molar-refractivity contribution in [2.45, 2.75) is 25.5 Å². The zero-order valence-corrected chi connectivity index (χ0v) is 19.4. The molecule has 5 rings (SSSR count). The molecule has 9 heteroatoms. The quantitative estimate of drug-likeness (QED) is 0.275. The molecule has 0 bridgehead atoms. The number of hydrogen-bond acceptors (Lipinski definition) is 6. The monoisotopic (exact) mass is 488 g/mol. The Kier molecular flexibility index (Phi) is 6.81. The number of carbonyl (C=O) groups excluding carboxylic acids is 1. The molecule has 0 aliphatic heterocycles. The van der Waals surface area contributed by atoms with Crippen LogP contribution in [0.3, 0.4) is 0 Å². The summed E-state index contributed by atoms with van der Waals surface area (Å²) in [7, 11) is 0. The van der Waals surface area contributed by atoms with Gasteiger partial charge in [0.15, 0.2) is 11.5 Å². The first kappa shape index (κ1) is 23.4. The Morgan fingerprint density at radius 2 is 1.81 bits per heavy atom. The number of urea groups is 1. The first-order chi connectivity index (χ1) is 17.6. The molecule has 36 heavy (non-hydrogen) atoms. The Balaban J connectivity index is 1.37. The summed E-state index contributed by atoms with van der Waals surface area (Å²) in [5.41, 5.74) is 7.32. The topological polar surface area (TPSA) is 108 Å². The van der Waals surface area contributed by atoms with E-state index in [4.69, 9.17) is 19.9 Å². The van der Waals surface area contributed by atoms with Crippen LogP contribution in [0.1, 0.15) is 18.4 Å². The average Bonchev–Trinajstić information content (AvgIpc) is 3.69. The predicted octanol–water partition coefficient (Wildman–Crippen LogP) is 5.32. The summed E-state index contributed by atoms with van der Waals surface area (Å²) >= 11 is 0. The average molecular weight is 489 g/mol. The van der Waals surface area contributed by atoms with Crippen LogP contribution < -0.4 is 30.6 Å². The minimum absolute atomic E-state index is 0.0440. The standard InChI is InChI=1S/C27H25FN4O4/c28-21-12-19(8-9-22(21)32-27(33)31-18-6-7-18)36-24-10-11-30-23-14-26(25(35-16-29)13-20(23)24)34-15-17-4-2-1-3-5-17/h1-5,8-14,18H,6-7,15-16,29H2,(H2,31,32,33). The zero-order valence-electron chi connectivity index (χ0n) is 19.4. The van der Waals surface area contributed by atoms with Crippen LogP contribution in [0.2, 0.25) is 0 Å². The van der Waals surface area contributed by atoms with Crippen LogP contribution in [0, 0.1) is 5.82 Å². The molecule has 0 radical (unpaired) electrons. The number of anilines is 1. The molecule has 1 aliphatic carbocycles. The van der Waals surface area contributed by atoms with E-state index in [0.29, 0.717) is 34.8 Å². The van der Waals surface area contributed by atoms with Crippen molar-refractivity contribution in [3.8, 4) is 23.0 Å². The molecule has 3 aromatic carbocycles. The summed E-state index contributed by atoms with van der Waals surface area (Å²) in [6.07, 6.45) is 3.49. The second-order valence-electron chi connectivity index (χ2n) is 8.33. The zero-order chi connectivity index (χ0) is 24.9. The van der Waals surface area contributed by atoms with Crippen LogP contribution in [0.4, 0.5) is 14.9 Å². The van der Waals surface area contributed by atoms with E-state index in [0.717, 1.165) is 18.4 Å². The van der Waals surface area contributed by atoms with Crippen LogP contribution in [0.15, 0.2) is 72.9 Å². The highest BCUT2D eigenvalue weighted by Gasteiger charge is 2.23. The predicted molar refractivity (Wildman–Crippen MR) is 134 cm³/mol. The summed E-state index contributed by atoms with van der Waals surface area (Å²) in [4.78, 5) is 16.3. The third-order valence-corrected chi connectivity index (χ3v) is 5.57. The van der Waals surface area contributed by atoms with Crippen molar-refractivity contribution in [2.75, 3.05) is 12.0 Å². The SMILES string of the molecule is NCOc1cc2c(Oc3ccc(NC(=O)NC4CC4)c(F)c3)ccnc2cc1OCc1ccccc1. The molecular weight excluding hydrogens is 463 g/mol. The number of benzene rings is 3. The van der Waals surface area contributed by atoms with Crippen LogP contribution in [0.25, 0.3) is 10.9 Å². The number of nitrogens with two attached hydrogens (primary N) is 1. The minimum Gasteiger partial charge on any atom is -0.485 e. The second-order valence-corrected chi connectivity index (χ2v) is 8.33. The maximum Gasteiger partial charge on any atom is 0.319 e. The fourth-order valence-corrected chi connectivity index (χ4v) is 3.63. The maximum absolute atomic E-state index is 14.6. The number of fused-ring (bicyclic) bond motifs is 1. The van der Waals surface area contributed by atoms with Gasteiger partial charge in [-0.1, -0.05) is 30.3 Å². The fraction of sp³-hybridized carbons (Fsp3) is 0.185. The number of hydrogen-bond donors (Lipinski definition) is 3. The summed E-state index contributed by atoms with van der Waals surface area (Å²) in [6, 6.07) is 18.9. The van der Waals surface area contributed by atoms with Gasteiger partial charge in [0.2, 0.25) is 0 Å². The Bertz CT molecular complexity index is 1380. The van der Waals surface area contributed by atoms with E-state index in [9.17, 15) is 9.18 Å². The van der Waals surface area contributed by atoms with E-state index < -0.39 is 11.8 Å². The Morgan fingerprint density at radius 3 is 2.56 bits per heavy atom. The third kappa shape index (κ3) is 5.64. The number of rotatable bonds is 9. The molecule has 1 aliphatic rings. The van der Waals surface area contributed by atoms with Gasteiger partial charge in [-0.15, -0.1) is 0 Å². The summed E-state index contributed by atoms with van der Waals surface area (Å²) in [6.45, 7) is 0.305. The number of halogens is 1. The normalized spacial score (nSPS) is 12.7. The van der Waals surface area contributed by atoms with Crippen LogP contribution in [-0.2, 0) is 6.61 Å². The van der Waals surface area contributed by atoms with Gasteiger partial charge < -0.3 is 24.8 Å². The molecule has 184 valence electrons. The smallest absolute Gasteiger partial charge is 0.319 e. The molecule has 2 amide bonds. The van der Waals surface area contributed by atoms with Gasteiger partial charge in [0.25, 0.3) is 0 Å². The minimum atomic E-state index is -0.611. The van der Waals surface area contributed by atoms with Crippen LogP contribution >= 0.6 is 0 Å². The lowest BCUT2D eigenvalue weighted by Crippen LogP contribution is -2.30. The molecular formula is C27H25FN4O4. The number of nitrogens with zero attached hydrogens (tertiary/aromatic N) is 1.